The number of nitrogens with one attached hydrogen (secondary N) is 1. The zero-order valence-corrected chi connectivity index (χ0v) is 26.2. The van der Waals surface area contributed by atoms with Crippen molar-refractivity contribution in [3.63, 3.8) is 0 Å². The summed E-state index contributed by atoms with van der Waals surface area (Å²) in [7, 11) is 0. The molecule has 2 amide bonds. The van der Waals surface area contributed by atoms with Crippen LogP contribution in [0.2, 0.25) is 0 Å². The maximum Gasteiger partial charge on any atom is 0.409 e. The number of amides is 2. The predicted molar refractivity (Wildman–Crippen MR) is 172 cm³/mol. The van der Waals surface area contributed by atoms with Crippen LogP contribution < -0.4 is 5.32 Å². The average Bonchev–Trinajstić information content (AvgIpc) is 3.61. The van der Waals surface area contributed by atoms with Crippen LogP contribution in [0.25, 0.3) is 22.0 Å². The first-order valence-electron chi connectivity index (χ1n) is 14.8. The van der Waals surface area contributed by atoms with Gasteiger partial charge >= 0.3 is 6.09 Å². The Balaban J connectivity index is 0.00000207. The molecule has 0 bridgehead atoms. The number of benzene rings is 2. The van der Waals surface area contributed by atoms with Gasteiger partial charge in [-0.2, -0.15) is 0 Å². The van der Waals surface area contributed by atoms with Crippen molar-refractivity contribution >= 4 is 58.2 Å². The molecule has 1 fully saturated rings. The lowest BCUT2D eigenvalue weighted by Crippen LogP contribution is -2.44. The standard InChI is InChI=1S/C30H35N5O5S.C2H6/c1-20-19-34(15-13-23(20)35-24-11-6-5-10-22(24)33-29(35)41-3)30(37)39-17-8-16-38-18-14-32-28(36)27-26(31-2)21-9-4-7-12-25(21)40-27;1-2/h4-7,9-12,20,23H,2,8,13-19H2,1,3H3,(H,32,36);1-2H3/t20-,23?;/m0./s1. The fourth-order valence-electron chi connectivity index (χ4n) is 5.34. The molecule has 1 aliphatic rings. The molecule has 4 aromatic rings. The van der Waals surface area contributed by atoms with Gasteiger partial charge in [-0.05, 0) is 49.6 Å². The summed E-state index contributed by atoms with van der Waals surface area (Å²) in [5.74, 6) is 0.0239. The summed E-state index contributed by atoms with van der Waals surface area (Å²) in [4.78, 5) is 35.8. The molecule has 11 heteroatoms. The largest absolute Gasteiger partial charge is 0.449 e. The molecule has 2 atom stereocenters. The molecule has 2 aromatic carbocycles. The van der Waals surface area contributed by atoms with E-state index in [0.717, 1.165) is 28.0 Å². The van der Waals surface area contributed by atoms with Crippen LogP contribution in [0.3, 0.4) is 0 Å². The lowest BCUT2D eigenvalue weighted by molar-refractivity contribution is 0.0613. The van der Waals surface area contributed by atoms with Gasteiger partial charge in [0.1, 0.15) is 11.3 Å². The fraction of sp³-hybridized carbons (Fsp3) is 0.438. The van der Waals surface area contributed by atoms with Gasteiger partial charge in [0.2, 0.25) is 5.76 Å². The number of aromatic nitrogens is 2. The smallest absolute Gasteiger partial charge is 0.409 e. The topological polar surface area (TPSA) is 111 Å². The highest BCUT2D eigenvalue weighted by atomic mass is 32.2. The van der Waals surface area contributed by atoms with Gasteiger partial charge in [0.15, 0.2) is 5.16 Å². The summed E-state index contributed by atoms with van der Waals surface area (Å²) < 4.78 is 19.1. The van der Waals surface area contributed by atoms with E-state index >= 15 is 0 Å². The van der Waals surface area contributed by atoms with Crippen molar-refractivity contribution in [1.29, 1.82) is 0 Å². The highest BCUT2D eigenvalue weighted by Gasteiger charge is 2.32. The Morgan fingerprint density at radius 2 is 1.91 bits per heavy atom. The van der Waals surface area contributed by atoms with Gasteiger partial charge in [-0.15, -0.1) is 0 Å². The van der Waals surface area contributed by atoms with E-state index in [4.69, 9.17) is 18.9 Å². The van der Waals surface area contributed by atoms with Crippen molar-refractivity contribution < 1.29 is 23.5 Å². The second-order valence-corrected chi connectivity index (χ2v) is 10.8. The number of hydrogen-bond acceptors (Lipinski definition) is 8. The molecule has 1 saturated heterocycles. The van der Waals surface area contributed by atoms with Crippen LogP contribution >= 0.6 is 11.8 Å². The van der Waals surface area contributed by atoms with Gasteiger partial charge in [-0.1, -0.05) is 56.8 Å². The van der Waals surface area contributed by atoms with E-state index in [2.05, 4.69) is 34.6 Å². The molecular formula is C32H41N5O5S. The lowest BCUT2D eigenvalue weighted by Gasteiger charge is -2.37. The minimum absolute atomic E-state index is 0.134. The molecule has 10 nitrogen and oxygen atoms in total. The van der Waals surface area contributed by atoms with Crippen LogP contribution in [0, 0.1) is 5.92 Å². The number of piperidine rings is 1. The number of ether oxygens (including phenoxy) is 2. The minimum atomic E-state index is -0.370. The fourth-order valence-corrected chi connectivity index (χ4v) is 5.96. The number of carbonyl (C=O) groups is 2. The van der Waals surface area contributed by atoms with Crippen molar-refractivity contribution in [3.8, 4) is 0 Å². The van der Waals surface area contributed by atoms with Crippen molar-refractivity contribution in [2.45, 2.75) is 44.8 Å². The van der Waals surface area contributed by atoms with Gasteiger partial charge in [0, 0.05) is 44.1 Å². The van der Waals surface area contributed by atoms with Crippen LogP contribution in [-0.2, 0) is 9.47 Å². The molecule has 43 heavy (non-hydrogen) atoms. The van der Waals surface area contributed by atoms with Gasteiger partial charge in [0.05, 0.1) is 24.2 Å². The molecule has 0 aliphatic carbocycles. The van der Waals surface area contributed by atoms with E-state index in [1.54, 1.807) is 22.7 Å². The SMILES string of the molecule is C=Nc1c(C(=O)NCCOCCCOC(=O)N2CCC(n3c(SC)nc4ccccc43)[C@@H](C)C2)oc2ccccc12.CC. The molecule has 230 valence electrons. The Hall–Kier alpha value is -3.83. The molecule has 1 unspecified atom stereocenters. The molecule has 2 aromatic heterocycles. The van der Waals surface area contributed by atoms with Gasteiger partial charge < -0.3 is 28.7 Å². The van der Waals surface area contributed by atoms with Crippen molar-refractivity contribution in [2.75, 3.05) is 45.7 Å². The predicted octanol–water partition coefficient (Wildman–Crippen LogP) is 6.72. The monoisotopic (exact) mass is 607 g/mol. The first kappa shape index (κ1) is 32.1. The van der Waals surface area contributed by atoms with E-state index < -0.39 is 0 Å². The van der Waals surface area contributed by atoms with Crippen LogP contribution in [0.1, 0.15) is 50.2 Å². The van der Waals surface area contributed by atoms with E-state index in [1.165, 1.54) is 0 Å². The summed E-state index contributed by atoms with van der Waals surface area (Å²) >= 11 is 1.65. The summed E-state index contributed by atoms with van der Waals surface area (Å²) in [5.41, 5.74) is 3.15. The van der Waals surface area contributed by atoms with Crippen molar-refractivity contribution in [3.05, 3.63) is 54.3 Å². The summed E-state index contributed by atoms with van der Waals surface area (Å²) in [6.07, 6.45) is 3.17. The molecule has 0 spiro atoms. The molecule has 0 radical (unpaired) electrons. The summed E-state index contributed by atoms with van der Waals surface area (Å²) in [6, 6.07) is 15.8. The first-order chi connectivity index (χ1) is 21.0. The Morgan fingerprint density at radius 1 is 1.14 bits per heavy atom. The van der Waals surface area contributed by atoms with Crippen molar-refractivity contribution in [2.24, 2.45) is 10.9 Å². The lowest BCUT2D eigenvalue weighted by atomic mass is 9.93. The molecule has 1 N–H and O–H groups in total. The van der Waals surface area contributed by atoms with E-state index in [-0.39, 0.29) is 36.3 Å². The molecule has 0 saturated carbocycles. The van der Waals surface area contributed by atoms with Crippen LogP contribution in [0.15, 0.2) is 63.1 Å². The van der Waals surface area contributed by atoms with E-state index in [9.17, 15) is 9.59 Å². The number of furan rings is 1. The number of likely N-dealkylation sites (tertiary alicyclic amines) is 1. The normalized spacial score (nSPS) is 16.5. The Morgan fingerprint density at radius 3 is 2.67 bits per heavy atom. The first-order valence-corrected chi connectivity index (χ1v) is 16.0. The average molecular weight is 608 g/mol. The number of aliphatic imine (C=N–C) groups is 1. The third-order valence-corrected chi connectivity index (χ3v) is 7.97. The van der Waals surface area contributed by atoms with E-state index in [0.29, 0.717) is 50.5 Å². The number of fused-ring (bicyclic) bond motifs is 2. The molecule has 3 heterocycles. The van der Waals surface area contributed by atoms with Gasteiger partial charge in [-0.3, -0.25) is 9.79 Å². The zero-order chi connectivity index (χ0) is 30.8. The number of thioether (sulfide) groups is 1. The number of nitrogens with zero attached hydrogens (tertiary/aromatic N) is 4. The minimum Gasteiger partial charge on any atom is -0.449 e. The number of hydrogen-bond donors (Lipinski definition) is 1. The Labute approximate surface area is 256 Å². The maximum atomic E-state index is 12.7. The molecule has 1 aliphatic heterocycles. The number of rotatable bonds is 11. The summed E-state index contributed by atoms with van der Waals surface area (Å²) in [6.45, 7) is 12.3. The van der Waals surface area contributed by atoms with Crippen LogP contribution in [-0.4, -0.2) is 78.9 Å². The second-order valence-electron chi connectivity index (χ2n) is 10.0. The molecular weight excluding hydrogens is 566 g/mol. The summed E-state index contributed by atoms with van der Waals surface area (Å²) in [5, 5.41) is 4.53. The highest BCUT2D eigenvalue weighted by Crippen LogP contribution is 2.35. The number of imidazole rings is 1. The third-order valence-electron chi connectivity index (χ3n) is 7.32. The zero-order valence-electron chi connectivity index (χ0n) is 25.4. The van der Waals surface area contributed by atoms with Gasteiger partial charge in [-0.25, -0.2) is 9.78 Å². The maximum absolute atomic E-state index is 12.7. The van der Waals surface area contributed by atoms with E-state index in [1.807, 2.05) is 56.5 Å². The third kappa shape index (κ3) is 7.40. The molecule has 5 rings (SSSR count). The number of carbonyl (C=O) groups excluding carboxylic acids is 2. The number of para-hydroxylation sites is 3. The van der Waals surface area contributed by atoms with Gasteiger partial charge in [0.25, 0.3) is 5.91 Å². The highest BCUT2D eigenvalue weighted by molar-refractivity contribution is 7.98. The Kier molecular flexibility index (Phi) is 11.6. The quantitative estimate of drug-likeness (QED) is 0.114. The second kappa shape index (κ2) is 15.6. The Bertz CT molecular complexity index is 1530. The van der Waals surface area contributed by atoms with Crippen LogP contribution in [0.4, 0.5) is 10.5 Å². The van der Waals surface area contributed by atoms with Crippen molar-refractivity contribution in [1.82, 2.24) is 19.8 Å². The van der Waals surface area contributed by atoms with Crippen LogP contribution in [0.5, 0.6) is 0 Å².